The second-order valence-electron chi connectivity index (χ2n) is 10.9. The van der Waals surface area contributed by atoms with Gasteiger partial charge in [-0.3, -0.25) is 0 Å². The molecule has 1 aromatic heterocycles. The molecule has 0 amide bonds. The zero-order chi connectivity index (χ0) is 29.3. The van der Waals surface area contributed by atoms with Crippen LogP contribution in [-0.4, -0.2) is 15.0 Å². The molecular formula is C41H27N3. The summed E-state index contributed by atoms with van der Waals surface area (Å²) >= 11 is 0. The fraction of sp³-hybridized carbons (Fsp3) is 0. The molecule has 1 heterocycles. The monoisotopic (exact) mass is 561 g/mol. The number of rotatable bonds is 5. The molecule has 3 heteroatoms. The topological polar surface area (TPSA) is 38.7 Å². The Balaban J connectivity index is 1.22. The van der Waals surface area contributed by atoms with E-state index >= 15 is 0 Å². The summed E-state index contributed by atoms with van der Waals surface area (Å²) < 4.78 is 0. The van der Waals surface area contributed by atoms with E-state index < -0.39 is 0 Å². The van der Waals surface area contributed by atoms with Gasteiger partial charge in [0.1, 0.15) is 0 Å². The molecule has 206 valence electrons. The maximum atomic E-state index is 5.00. The lowest BCUT2D eigenvalue weighted by Crippen LogP contribution is -2.00. The molecule has 0 fully saturated rings. The molecule has 0 aliphatic carbocycles. The highest BCUT2D eigenvalue weighted by molar-refractivity contribution is 5.93. The van der Waals surface area contributed by atoms with Crippen molar-refractivity contribution in [3.05, 3.63) is 164 Å². The minimum absolute atomic E-state index is 0.655. The predicted octanol–water partition coefficient (Wildman–Crippen LogP) is 10.5. The lowest BCUT2D eigenvalue weighted by molar-refractivity contribution is 1.08. The molecule has 0 aliphatic rings. The lowest BCUT2D eigenvalue weighted by atomic mass is 9.93. The Labute approximate surface area is 256 Å². The average molecular weight is 562 g/mol. The zero-order valence-electron chi connectivity index (χ0n) is 23.9. The highest BCUT2D eigenvalue weighted by atomic mass is 15.0. The van der Waals surface area contributed by atoms with Crippen LogP contribution in [0.4, 0.5) is 0 Å². The van der Waals surface area contributed by atoms with Crippen LogP contribution in [0.1, 0.15) is 0 Å². The van der Waals surface area contributed by atoms with Crippen LogP contribution in [0.5, 0.6) is 0 Å². The number of hydrogen-bond donors (Lipinski definition) is 0. The van der Waals surface area contributed by atoms with Crippen molar-refractivity contribution in [3.8, 4) is 56.4 Å². The first-order chi connectivity index (χ1) is 21.8. The molecule has 8 aromatic rings. The van der Waals surface area contributed by atoms with Gasteiger partial charge in [-0.25, -0.2) is 15.0 Å². The van der Waals surface area contributed by atoms with E-state index in [1.54, 1.807) is 0 Å². The van der Waals surface area contributed by atoms with Gasteiger partial charge in [-0.15, -0.1) is 0 Å². The summed E-state index contributed by atoms with van der Waals surface area (Å²) in [5.74, 6) is 1.97. The van der Waals surface area contributed by atoms with Gasteiger partial charge in [0, 0.05) is 16.7 Å². The van der Waals surface area contributed by atoms with E-state index in [2.05, 4.69) is 133 Å². The van der Waals surface area contributed by atoms with E-state index in [0.717, 1.165) is 27.5 Å². The second kappa shape index (κ2) is 11.0. The van der Waals surface area contributed by atoms with E-state index in [0.29, 0.717) is 17.5 Å². The molecule has 0 saturated heterocycles. The fourth-order valence-corrected chi connectivity index (χ4v) is 5.84. The SMILES string of the molecule is c1ccc(-c2nc(-c3ccc4ccccc4c3)nc(-c3ccc4cc(-c5ccccc5-c5ccccc5)ccc4c3)n2)cc1. The molecule has 0 spiro atoms. The first-order valence-corrected chi connectivity index (χ1v) is 14.8. The summed E-state index contributed by atoms with van der Waals surface area (Å²) in [6.07, 6.45) is 0. The van der Waals surface area contributed by atoms with E-state index in [4.69, 9.17) is 15.0 Å². The van der Waals surface area contributed by atoms with Crippen LogP contribution in [-0.2, 0) is 0 Å². The van der Waals surface area contributed by atoms with Gasteiger partial charge >= 0.3 is 0 Å². The van der Waals surface area contributed by atoms with Crippen molar-refractivity contribution in [2.45, 2.75) is 0 Å². The Morgan fingerprint density at radius 2 is 0.636 bits per heavy atom. The molecule has 0 N–H and O–H groups in total. The highest BCUT2D eigenvalue weighted by Crippen LogP contribution is 2.35. The molecule has 0 atom stereocenters. The molecule has 0 bridgehead atoms. The maximum absolute atomic E-state index is 5.00. The van der Waals surface area contributed by atoms with Crippen molar-refractivity contribution in [2.75, 3.05) is 0 Å². The van der Waals surface area contributed by atoms with Crippen LogP contribution in [0.3, 0.4) is 0 Å². The standard InChI is InChI=1S/C41H27N3/c1-3-12-29(13-4-1)37-17-9-10-18-38(37)34-22-20-33-27-36(24-21-32(33)25-34)41-43-39(30-14-5-2-6-15-30)42-40(44-41)35-23-19-28-11-7-8-16-31(28)26-35/h1-27H. The summed E-state index contributed by atoms with van der Waals surface area (Å²) in [6, 6.07) is 57.1. The van der Waals surface area contributed by atoms with E-state index in [1.165, 1.54) is 33.0 Å². The third kappa shape index (κ3) is 4.91. The van der Waals surface area contributed by atoms with Gasteiger partial charge < -0.3 is 0 Å². The van der Waals surface area contributed by atoms with Crippen molar-refractivity contribution in [1.29, 1.82) is 0 Å². The Morgan fingerprint density at radius 1 is 0.250 bits per heavy atom. The Morgan fingerprint density at radius 3 is 1.25 bits per heavy atom. The molecule has 0 saturated carbocycles. The molecule has 44 heavy (non-hydrogen) atoms. The summed E-state index contributed by atoms with van der Waals surface area (Å²) in [7, 11) is 0. The molecule has 0 aliphatic heterocycles. The third-order valence-electron chi connectivity index (χ3n) is 8.10. The number of aromatic nitrogens is 3. The summed E-state index contributed by atoms with van der Waals surface area (Å²) in [4.78, 5) is 14.9. The van der Waals surface area contributed by atoms with Gasteiger partial charge in [-0.1, -0.05) is 146 Å². The minimum atomic E-state index is 0.655. The van der Waals surface area contributed by atoms with Gasteiger partial charge in [-0.2, -0.15) is 0 Å². The maximum Gasteiger partial charge on any atom is 0.164 e. The Bertz CT molecular complexity index is 2270. The van der Waals surface area contributed by atoms with Gasteiger partial charge in [0.15, 0.2) is 17.5 Å². The van der Waals surface area contributed by atoms with Crippen molar-refractivity contribution < 1.29 is 0 Å². The zero-order valence-corrected chi connectivity index (χ0v) is 23.9. The van der Waals surface area contributed by atoms with Gasteiger partial charge in [-0.05, 0) is 62.0 Å². The third-order valence-corrected chi connectivity index (χ3v) is 8.10. The van der Waals surface area contributed by atoms with Crippen LogP contribution in [0.15, 0.2) is 164 Å². The summed E-state index contributed by atoms with van der Waals surface area (Å²) in [6.45, 7) is 0. The molecule has 8 rings (SSSR count). The largest absolute Gasteiger partial charge is 0.208 e. The van der Waals surface area contributed by atoms with E-state index in [1.807, 2.05) is 30.3 Å². The fourth-order valence-electron chi connectivity index (χ4n) is 5.84. The first-order valence-electron chi connectivity index (χ1n) is 14.8. The Hall–Kier alpha value is -5.93. The molecule has 0 unspecified atom stereocenters. The van der Waals surface area contributed by atoms with Crippen LogP contribution in [0.25, 0.3) is 78.0 Å². The van der Waals surface area contributed by atoms with Crippen LogP contribution in [0.2, 0.25) is 0 Å². The van der Waals surface area contributed by atoms with Gasteiger partial charge in [0.05, 0.1) is 0 Å². The first kappa shape index (κ1) is 25.8. The predicted molar refractivity (Wildman–Crippen MR) is 182 cm³/mol. The molecule has 7 aromatic carbocycles. The summed E-state index contributed by atoms with van der Waals surface area (Å²) in [5, 5.41) is 4.65. The normalized spacial score (nSPS) is 11.2. The van der Waals surface area contributed by atoms with Crippen LogP contribution >= 0.6 is 0 Å². The smallest absolute Gasteiger partial charge is 0.164 e. The number of nitrogens with zero attached hydrogens (tertiary/aromatic N) is 3. The van der Waals surface area contributed by atoms with E-state index in [-0.39, 0.29) is 0 Å². The van der Waals surface area contributed by atoms with Crippen molar-refractivity contribution in [3.63, 3.8) is 0 Å². The number of hydrogen-bond acceptors (Lipinski definition) is 3. The van der Waals surface area contributed by atoms with Crippen LogP contribution in [0, 0.1) is 0 Å². The second-order valence-corrected chi connectivity index (χ2v) is 10.9. The highest BCUT2D eigenvalue weighted by Gasteiger charge is 2.14. The molecule has 0 radical (unpaired) electrons. The average Bonchev–Trinajstić information content (AvgIpc) is 3.11. The van der Waals surface area contributed by atoms with Gasteiger partial charge in [0.2, 0.25) is 0 Å². The minimum Gasteiger partial charge on any atom is -0.208 e. The lowest BCUT2D eigenvalue weighted by Gasteiger charge is -2.12. The van der Waals surface area contributed by atoms with Crippen molar-refractivity contribution in [2.24, 2.45) is 0 Å². The molecular weight excluding hydrogens is 534 g/mol. The summed E-state index contributed by atoms with van der Waals surface area (Å²) in [5.41, 5.74) is 7.72. The van der Waals surface area contributed by atoms with Gasteiger partial charge in [0.25, 0.3) is 0 Å². The number of fused-ring (bicyclic) bond motifs is 2. The Kier molecular flexibility index (Phi) is 6.47. The van der Waals surface area contributed by atoms with Crippen molar-refractivity contribution in [1.82, 2.24) is 15.0 Å². The van der Waals surface area contributed by atoms with Crippen LogP contribution < -0.4 is 0 Å². The quantitative estimate of drug-likeness (QED) is 0.210. The van der Waals surface area contributed by atoms with E-state index in [9.17, 15) is 0 Å². The molecule has 3 nitrogen and oxygen atoms in total. The van der Waals surface area contributed by atoms with Crippen molar-refractivity contribution >= 4 is 21.5 Å². The number of benzene rings is 7.